The zero-order chi connectivity index (χ0) is 26.5. The Balaban J connectivity index is 1.74. The lowest BCUT2D eigenvalue weighted by atomic mass is 9.97. The molecule has 0 radical (unpaired) electrons. The van der Waals surface area contributed by atoms with Gasteiger partial charge in [0.2, 0.25) is 5.91 Å². The molecule has 0 aliphatic carbocycles. The van der Waals surface area contributed by atoms with Crippen molar-refractivity contribution in [1.82, 2.24) is 0 Å². The molecule has 0 aromatic heterocycles. The number of ether oxygens (including phenoxy) is 1. The van der Waals surface area contributed by atoms with Gasteiger partial charge in [0.15, 0.2) is 0 Å². The van der Waals surface area contributed by atoms with Gasteiger partial charge in [-0.05, 0) is 61.4 Å². The summed E-state index contributed by atoms with van der Waals surface area (Å²) in [5.41, 5.74) is 3.10. The van der Waals surface area contributed by atoms with Gasteiger partial charge in [-0.15, -0.1) is 0 Å². The lowest BCUT2D eigenvalue weighted by molar-refractivity contribution is -0.123. The van der Waals surface area contributed by atoms with Gasteiger partial charge in [0.25, 0.3) is 5.91 Å². The standard InChI is InChI=1S/C29H29Cl2N3O3/c1-4-18(3)27-29(36)34(17-26(35)32-20-11-13-21(14-12-20)37-5-2)25-15-10-19(30)16-23(25)28(33-27)22-8-6-7-9-24(22)31/h6-16,18,27H,4-5,17H2,1-3H3,(H,32,35)/t18-,27-/m1/s1. The largest absolute Gasteiger partial charge is 0.494 e. The minimum atomic E-state index is -0.694. The fraction of sp³-hybridized carbons (Fsp3) is 0.276. The van der Waals surface area contributed by atoms with Crippen molar-refractivity contribution in [3.05, 3.63) is 87.9 Å². The molecule has 37 heavy (non-hydrogen) atoms. The lowest BCUT2D eigenvalue weighted by Crippen LogP contribution is -2.44. The number of rotatable bonds is 8. The molecule has 0 fully saturated rings. The van der Waals surface area contributed by atoms with E-state index in [0.717, 1.165) is 12.2 Å². The first kappa shape index (κ1) is 26.7. The smallest absolute Gasteiger partial charge is 0.252 e. The second-order valence-electron chi connectivity index (χ2n) is 8.88. The highest BCUT2D eigenvalue weighted by molar-refractivity contribution is 6.37. The molecule has 6 nitrogen and oxygen atoms in total. The number of benzene rings is 3. The van der Waals surface area contributed by atoms with E-state index in [2.05, 4.69) is 5.32 Å². The average molecular weight is 538 g/mol. The van der Waals surface area contributed by atoms with Crippen LogP contribution in [0.1, 0.15) is 38.3 Å². The van der Waals surface area contributed by atoms with Crippen molar-refractivity contribution in [3.8, 4) is 5.75 Å². The Kier molecular flexibility index (Phi) is 8.52. The molecule has 0 saturated heterocycles. The predicted molar refractivity (Wildman–Crippen MR) is 150 cm³/mol. The van der Waals surface area contributed by atoms with Crippen molar-refractivity contribution in [3.63, 3.8) is 0 Å². The van der Waals surface area contributed by atoms with Crippen molar-refractivity contribution >= 4 is 52.1 Å². The van der Waals surface area contributed by atoms with Crippen LogP contribution in [0.5, 0.6) is 5.75 Å². The minimum absolute atomic E-state index is 0.0635. The van der Waals surface area contributed by atoms with E-state index in [-0.39, 0.29) is 24.3 Å². The van der Waals surface area contributed by atoms with E-state index in [4.69, 9.17) is 32.9 Å². The zero-order valence-electron chi connectivity index (χ0n) is 21.0. The molecule has 1 heterocycles. The maximum absolute atomic E-state index is 13.9. The molecule has 2 amide bonds. The first-order chi connectivity index (χ1) is 17.8. The van der Waals surface area contributed by atoms with Crippen LogP contribution in [0.25, 0.3) is 0 Å². The van der Waals surface area contributed by atoms with Crippen LogP contribution < -0.4 is 15.0 Å². The van der Waals surface area contributed by atoms with Gasteiger partial charge in [0.1, 0.15) is 18.3 Å². The van der Waals surface area contributed by atoms with Crippen molar-refractivity contribution in [2.75, 3.05) is 23.4 Å². The monoisotopic (exact) mass is 537 g/mol. The predicted octanol–water partition coefficient (Wildman–Crippen LogP) is 6.63. The molecule has 8 heteroatoms. The first-order valence-electron chi connectivity index (χ1n) is 12.3. The molecule has 0 saturated carbocycles. The molecule has 2 atom stereocenters. The average Bonchev–Trinajstić information content (AvgIpc) is 3.00. The number of amides is 2. The molecule has 0 unspecified atom stereocenters. The first-order valence-corrected chi connectivity index (χ1v) is 13.0. The number of nitrogens with zero attached hydrogens (tertiary/aromatic N) is 2. The molecule has 1 aliphatic heterocycles. The maximum atomic E-state index is 13.9. The van der Waals surface area contributed by atoms with Crippen molar-refractivity contribution in [2.45, 2.75) is 33.2 Å². The number of halogens is 2. The van der Waals surface area contributed by atoms with E-state index in [1.165, 1.54) is 4.90 Å². The lowest BCUT2D eigenvalue weighted by Gasteiger charge is -2.26. The SMILES string of the molecule is CCOc1ccc(NC(=O)CN2C(=O)[C@@H]([C@H](C)CC)N=C(c3ccccc3Cl)c3cc(Cl)ccc32)cc1. The van der Waals surface area contributed by atoms with Gasteiger partial charge in [-0.2, -0.15) is 0 Å². The Labute approximate surface area is 227 Å². The van der Waals surface area contributed by atoms with Crippen LogP contribution >= 0.6 is 23.2 Å². The normalized spacial score (nSPS) is 15.9. The minimum Gasteiger partial charge on any atom is -0.494 e. The van der Waals surface area contributed by atoms with Crippen molar-refractivity contribution in [1.29, 1.82) is 0 Å². The highest BCUT2D eigenvalue weighted by Crippen LogP contribution is 2.34. The van der Waals surface area contributed by atoms with Crippen LogP contribution in [0.2, 0.25) is 10.0 Å². The second-order valence-corrected chi connectivity index (χ2v) is 9.72. The van der Waals surface area contributed by atoms with E-state index in [9.17, 15) is 9.59 Å². The molecule has 3 aromatic rings. The highest BCUT2D eigenvalue weighted by atomic mass is 35.5. The molecule has 4 rings (SSSR count). The molecule has 1 aliphatic rings. The molecule has 192 valence electrons. The highest BCUT2D eigenvalue weighted by Gasteiger charge is 2.36. The summed E-state index contributed by atoms with van der Waals surface area (Å²) >= 11 is 13.0. The Morgan fingerprint density at radius 2 is 1.78 bits per heavy atom. The topological polar surface area (TPSA) is 71.0 Å². The summed E-state index contributed by atoms with van der Waals surface area (Å²) in [5.74, 6) is 0.0745. The third-order valence-corrected chi connectivity index (χ3v) is 6.92. The Bertz CT molecular complexity index is 1320. The number of aliphatic imine (C=N–C) groups is 1. The van der Waals surface area contributed by atoms with Gasteiger partial charge in [0.05, 0.1) is 18.0 Å². The van der Waals surface area contributed by atoms with Crippen LogP contribution in [0.3, 0.4) is 0 Å². The van der Waals surface area contributed by atoms with Crippen LogP contribution in [0.4, 0.5) is 11.4 Å². The number of hydrogen-bond donors (Lipinski definition) is 1. The summed E-state index contributed by atoms with van der Waals surface area (Å²) in [5, 5.41) is 3.89. The van der Waals surface area contributed by atoms with Crippen LogP contribution in [-0.4, -0.2) is 36.7 Å². The summed E-state index contributed by atoms with van der Waals surface area (Å²) < 4.78 is 5.47. The third kappa shape index (κ3) is 5.97. The fourth-order valence-electron chi connectivity index (χ4n) is 4.25. The van der Waals surface area contributed by atoms with Crippen LogP contribution in [0.15, 0.2) is 71.7 Å². The summed E-state index contributed by atoms with van der Waals surface area (Å²) in [6.07, 6.45) is 0.735. The molecule has 3 aromatic carbocycles. The van der Waals surface area contributed by atoms with E-state index < -0.39 is 6.04 Å². The fourth-order valence-corrected chi connectivity index (χ4v) is 4.64. The second kappa shape index (κ2) is 11.8. The van der Waals surface area contributed by atoms with E-state index in [1.54, 1.807) is 48.5 Å². The van der Waals surface area contributed by atoms with Gasteiger partial charge in [-0.1, -0.05) is 61.7 Å². The van der Waals surface area contributed by atoms with E-state index in [0.29, 0.717) is 44.9 Å². The molecule has 0 spiro atoms. The Hall–Kier alpha value is -3.35. The summed E-state index contributed by atoms with van der Waals surface area (Å²) in [7, 11) is 0. The van der Waals surface area contributed by atoms with Gasteiger partial charge < -0.3 is 15.0 Å². The van der Waals surface area contributed by atoms with Crippen LogP contribution in [0, 0.1) is 5.92 Å². The summed E-state index contributed by atoms with van der Waals surface area (Å²) in [6, 6.07) is 19.0. The molecule has 1 N–H and O–H groups in total. The number of nitrogens with one attached hydrogen (secondary N) is 1. The third-order valence-electron chi connectivity index (χ3n) is 6.35. The maximum Gasteiger partial charge on any atom is 0.252 e. The number of carbonyl (C=O) groups excluding carboxylic acids is 2. The summed E-state index contributed by atoms with van der Waals surface area (Å²) in [6.45, 7) is 6.28. The summed E-state index contributed by atoms with van der Waals surface area (Å²) in [4.78, 5) is 33.5. The van der Waals surface area contributed by atoms with Gasteiger partial charge in [-0.25, -0.2) is 0 Å². The van der Waals surface area contributed by atoms with Gasteiger partial charge in [-0.3, -0.25) is 14.6 Å². The number of anilines is 2. The number of benzodiazepines with no additional fused rings is 1. The number of hydrogen-bond acceptors (Lipinski definition) is 4. The van der Waals surface area contributed by atoms with Gasteiger partial charge >= 0.3 is 0 Å². The Morgan fingerprint density at radius 1 is 1.05 bits per heavy atom. The number of carbonyl (C=O) groups is 2. The van der Waals surface area contributed by atoms with Crippen molar-refractivity contribution in [2.24, 2.45) is 10.9 Å². The van der Waals surface area contributed by atoms with Crippen molar-refractivity contribution < 1.29 is 14.3 Å². The molecule has 0 bridgehead atoms. The van der Waals surface area contributed by atoms with E-state index in [1.807, 2.05) is 39.0 Å². The Morgan fingerprint density at radius 3 is 2.46 bits per heavy atom. The van der Waals surface area contributed by atoms with Crippen LogP contribution in [-0.2, 0) is 9.59 Å². The number of fused-ring (bicyclic) bond motifs is 1. The van der Waals surface area contributed by atoms with Gasteiger partial charge in [0, 0.05) is 26.9 Å². The quantitative estimate of drug-likeness (QED) is 0.350. The zero-order valence-corrected chi connectivity index (χ0v) is 22.5. The molecular formula is C29H29Cl2N3O3. The van der Waals surface area contributed by atoms with E-state index >= 15 is 0 Å². The molecular weight excluding hydrogens is 509 g/mol.